The highest BCUT2D eigenvalue weighted by Crippen LogP contribution is 2.22. The summed E-state index contributed by atoms with van der Waals surface area (Å²) in [5, 5.41) is 0. The van der Waals surface area contributed by atoms with Crippen LogP contribution < -0.4 is 4.74 Å². The number of hydrogen-bond donors (Lipinski definition) is 0. The number of para-hydroxylation sites is 1. The van der Waals surface area contributed by atoms with E-state index < -0.39 is 11.6 Å². The molecule has 0 aliphatic rings. The maximum Gasteiger partial charge on any atom is 0.145 e. The zero-order valence-corrected chi connectivity index (χ0v) is 12.2. The molecule has 0 heterocycles. The van der Waals surface area contributed by atoms with Crippen LogP contribution in [-0.2, 0) is 11.3 Å². The molecular formula is C15H13BrF2O2. The van der Waals surface area contributed by atoms with E-state index in [1.807, 2.05) is 30.3 Å². The summed E-state index contributed by atoms with van der Waals surface area (Å²) in [4.78, 5) is 0. The molecule has 0 aliphatic carbocycles. The quantitative estimate of drug-likeness (QED) is 0.574. The van der Waals surface area contributed by atoms with E-state index in [1.165, 1.54) is 12.1 Å². The van der Waals surface area contributed by atoms with Gasteiger partial charge in [0, 0.05) is 0 Å². The van der Waals surface area contributed by atoms with Gasteiger partial charge in [0.25, 0.3) is 0 Å². The van der Waals surface area contributed by atoms with Gasteiger partial charge in [-0.3, -0.25) is 0 Å². The number of rotatable bonds is 6. The van der Waals surface area contributed by atoms with Gasteiger partial charge in [-0.05, 0) is 40.2 Å². The summed E-state index contributed by atoms with van der Waals surface area (Å²) in [5.41, 5.74) is -0.0842. The van der Waals surface area contributed by atoms with E-state index in [0.29, 0.717) is 6.61 Å². The smallest absolute Gasteiger partial charge is 0.145 e. The normalized spacial score (nSPS) is 10.6. The van der Waals surface area contributed by atoms with Gasteiger partial charge in [0.1, 0.15) is 24.0 Å². The molecule has 0 aliphatic heterocycles. The van der Waals surface area contributed by atoms with Gasteiger partial charge in [-0.25, -0.2) is 8.78 Å². The van der Waals surface area contributed by atoms with Crippen molar-refractivity contribution in [2.75, 3.05) is 13.2 Å². The molecule has 0 fully saturated rings. The van der Waals surface area contributed by atoms with E-state index in [9.17, 15) is 8.78 Å². The molecule has 0 saturated carbocycles. The zero-order valence-electron chi connectivity index (χ0n) is 10.6. The van der Waals surface area contributed by atoms with Crippen molar-refractivity contribution in [2.24, 2.45) is 0 Å². The topological polar surface area (TPSA) is 18.5 Å². The minimum absolute atomic E-state index is 0.0842. The number of halogens is 3. The lowest BCUT2D eigenvalue weighted by Gasteiger charge is -2.09. The third kappa shape index (κ3) is 4.02. The fourth-order valence-corrected chi connectivity index (χ4v) is 1.98. The monoisotopic (exact) mass is 342 g/mol. The van der Waals surface area contributed by atoms with Crippen molar-refractivity contribution in [2.45, 2.75) is 6.61 Å². The summed E-state index contributed by atoms with van der Waals surface area (Å²) < 4.78 is 37.9. The highest BCUT2D eigenvalue weighted by molar-refractivity contribution is 9.10. The molecule has 2 aromatic carbocycles. The number of hydrogen-bond acceptors (Lipinski definition) is 2. The zero-order chi connectivity index (χ0) is 14.4. The van der Waals surface area contributed by atoms with E-state index in [1.54, 1.807) is 0 Å². The SMILES string of the molecule is Fc1ccc(Br)c(F)c1COCCOc1ccccc1. The van der Waals surface area contributed by atoms with Crippen LogP contribution in [0.3, 0.4) is 0 Å². The molecule has 0 aromatic heterocycles. The molecule has 20 heavy (non-hydrogen) atoms. The second kappa shape index (κ2) is 7.36. The van der Waals surface area contributed by atoms with Crippen molar-refractivity contribution >= 4 is 15.9 Å². The van der Waals surface area contributed by atoms with Crippen molar-refractivity contribution in [3.05, 3.63) is 64.1 Å². The van der Waals surface area contributed by atoms with Crippen molar-refractivity contribution < 1.29 is 18.3 Å². The first kappa shape index (κ1) is 14.9. The lowest BCUT2D eigenvalue weighted by Crippen LogP contribution is -2.08. The Labute approximate surface area is 124 Å². The van der Waals surface area contributed by atoms with E-state index >= 15 is 0 Å². The summed E-state index contributed by atoms with van der Waals surface area (Å²) in [6.07, 6.45) is 0. The lowest BCUT2D eigenvalue weighted by atomic mass is 10.2. The molecule has 0 radical (unpaired) electrons. The Bertz CT molecular complexity index is 561. The number of benzene rings is 2. The molecule has 0 bridgehead atoms. The molecule has 0 N–H and O–H groups in total. The molecule has 0 unspecified atom stereocenters. The fourth-order valence-electron chi connectivity index (χ4n) is 1.61. The molecule has 0 saturated heterocycles. The predicted octanol–water partition coefficient (Wildman–Crippen LogP) is 4.32. The first-order valence-electron chi connectivity index (χ1n) is 6.06. The summed E-state index contributed by atoms with van der Waals surface area (Å²) in [6, 6.07) is 11.8. The Kier molecular flexibility index (Phi) is 5.49. The molecule has 2 aromatic rings. The largest absolute Gasteiger partial charge is 0.491 e. The van der Waals surface area contributed by atoms with Crippen LogP contribution in [0.2, 0.25) is 0 Å². The van der Waals surface area contributed by atoms with Crippen LogP contribution in [0.4, 0.5) is 8.78 Å². The molecule has 0 amide bonds. The van der Waals surface area contributed by atoms with Crippen molar-refractivity contribution in [1.29, 1.82) is 0 Å². The minimum atomic E-state index is -0.631. The molecule has 0 spiro atoms. The first-order chi connectivity index (χ1) is 9.68. The average molecular weight is 343 g/mol. The van der Waals surface area contributed by atoms with Gasteiger partial charge in [0.2, 0.25) is 0 Å². The Morgan fingerprint density at radius 3 is 2.45 bits per heavy atom. The van der Waals surface area contributed by atoms with E-state index in [2.05, 4.69) is 15.9 Å². The van der Waals surface area contributed by atoms with Gasteiger partial charge >= 0.3 is 0 Å². The van der Waals surface area contributed by atoms with Gasteiger partial charge in [0.05, 0.1) is 23.2 Å². The van der Waals surface area contributed by atoms with Gasteiger partial charge < -0.3 is 9.47 Å². The summed E-state index contributed by atoms with van der Waals surface area (Å²) in [7, 11) is 0. The lowest BCUT2D eigenvalue weighted by molar-refractivity contribution is 0.0852. The van der Waals surface area contributed by atoms with Gasteiger partial charge in [-0.1, -0.05) is 18.2 Å². The first-order valence-corrected chi connectivity index (χ1v) is 6.86. The highest BCUT2D eigenvalue weighted by Gasteiger charge is 2.12. The maximum absolute atomic E-state index is 13.6. The van der Waals surface area contributed by atoms with Crippen LogP contribution >= 0.6 is 15.9 Å². The van der Waals surface area contributed by atoms with Gasteiger partial charge in [-0.15, -0.1) is 0 Å². The Morgan fingerprint density at radius 2 is 1.70 bits per heavy atom. The third-order valence-corrected chi connectivity index (χ3v) is 3.24. The van der Waals surface area contributed by atoms with Crippen LogP contribution in [-0.4, -0.2) is 13.2 Å². The van der Waals surface area contributed by atoms with Crippen LogP contribution in [0.15, 0.2) is 46.9 Å². The van der Waals surface area contributed by atoms with Crippen molar-refractivity contribution in [3.63, 3.8) is 0 Å². The predicted molar refractivity (Wildman–Crippen MR) is 75.7 cm³/mol. The van der Waals surface area contributed by atoms with E-state index in [0.717, 1.165) is 5.75 Å². The Balaban J connectivity index is 1.78. The summed E-state index contributed by atoms with van der Waals surface area (Å²) in [5.74, 6) is -0.514. The molecule has 2 nitrogen and oxygen atoms in total. The second-order valence-electron chi connectivity index (χ2n) is 4.04. The van der Waals surface area contributed by atoms with Gasteiger partial charge in [0.15, 0.2) is 0 Å². The molecular weight excluding hydrogens is 330 g/mol. The molecule has 106 valence electrons. The molecule has 5 heteroatoms. The Morgan fingerprint density at radius 1 is 0.950 bits per heavy atom. The third-order valence-electron chi connectivity index (χ3n) is 2.62. The maximum atomic E-state index is 13.6. The fraction of sp³-hybridized carbons (Fsp3) is 0.200. The van der Waals surface area contributed by atoms with Crippen molar-refractivity contribution in [3.8, 4) is 5.75 Å². The minimum Gasteiger partial charge on any atom is -0.491 e. The molecule has 0 atom stereocenters. The highest BCUT2D eigenvalue weighted by atomic mass is 79.9. The van der Waals surface area contributed by atoms with Crippen LogP contribution in [0.1, 0.15) is 5.56 Å². The van der Waals surface area contributed by atoms with Crippen molar-refractivity contribution in [1.82, 2.24) is 0 Å². The second-order valence-corrected chi connectivity index (χ2v) is 4.89. The van der Waals surface area contributed by atoms with E-state index in [4.69, 9.17) is 9.47 Å². The van der Waals surface area contributed by atoms with Crippen LogP contribution in [0.25, 0.3) is 0 Å². The summed E-state index contributed by atoms with van der Waals surface area (Å²) in [6.45, 7) is 0.441. The van der Waals surface area contributed by atoms with Gasteiger partial charge in [-0.2, -0.15) is 0 Å². The summed E-state index contributed by atoms with van der Waals surface area (Å²) >= 11 is 3.01. The average Bonchev–Trinajstić information content (AvgIpc) is 2.47. The van der Waals surface area contributed by atoms with Crippen LogP contribution in [0.5, 0.6) is 5.75 Å². The Hall–Kier alpha value is -1.46. The number of ether oxygens (including phenoxy) is 2. The van der Waals surface area contributed by atoms with Crippen LogP contribution in [0, 0.1) is 11.6 Å². The van der Waals surface area contributed by atoms with E-state index in [-0.39, 0.29) is 23.2 Å². The standard InChI is InChI=1S/C15H13BrF2O2/c16-13-6-7-14(17)12(15(13)18)10-19-8-9-20-11-4-2-1-3-5-11/h1-7H,8-10H2. The molecule has 2 rings (SSSR count).